The zero-order valence-electron chi connectivity index (χ0n) is 7.73. The van der Waals surface area contributed by atoms with Gasteiger partial charge in [0.25, 0.3) is 0 Å². The van der Waals surface area contributed by atoms with Crippen LogP contribution < -0.4 is 0 Å². The van der Waals surface area contributed by atoms with Gasteiger partial charge < -0.3 is 19.4 Å². The molecule has 0 aromatic carbocycles. The molecule has 0 amide bonds. The molecule has 0 rings (SSSR count). The van der Waals surface area contributed by atoms with E-state index in [9.17, 15) is 9.59 Å². The van der Waals surface area contributed by atoms with Crippen molar-refractivity contribution < 1.29 is 24.2 Å². The van der Waals surface area contributed by atoms with Crippen LogP contribution >= 0.6 is 0 Å². The van der Waals surface area contributed by atoms with E-state index >= 15 is 0 Å². The summed E-state index contributed by atoms with van der Waals surface area (Å²) in [5.41, 5.74) is 0. The Morgan fingerprint density at radius 3 is 2.38 bits per heavy atom. The molecule has 76 valence electrons. The van der Waals surface area contributed by atoms with Gasteiger partial charge in [0.15, 0.2) is 12.6 Å². The van der Waals surface area contributed by atoms with Crippen LogP contribution in [0.5, 0.6) is 0 Å². The Balaban J connectivity index is 4.38. The molecule has 1 N–H and O–H groups in total. The van der Waals surface area contributed by atoms with Gasteiger partial charge in [0.05, 0.1) is 6.61 Å². The normalized spacial score (nSPS) is 17.5. The van der Waals surface area contributed by atoms with Crippen molar-refractivity contribution in [1.82, 2.24) is 0 Å². The fourth-order valence-electron chi connectivity index (χ4n) is 0.799. The molecule has 0 fully saturated rings. The maximum atomic E-state index is 10.6. The highest BCUT2D eigenvalue weighted by molar-refractivity contribution is 5.62. The first-order valence-electron chi connectivity index (χ1n) is 3.93. The van der Waals surface area contributed by atoms with Gasteiger partial charge in [-0.2, -0.15) is 0 Å². The summed E-state index contributed by atoms with van der Waals surface area (Å²) in [6.07, 6.45) is 0.147. The summed E-state index contributed by atoms with van der Waals surface area (Å²) in [5.74, 6) is -1.42. The van der Waals surface area contributed by atoms with Gasteiger partial charge in [-0.15, -0.1) is 0 Å². The van der Waals surface area contributed by atoms with Crippen LogP contribution in [0.15, 0.2) is 0 Å². The van der Waals surface area contributed by atoms with E-state index in [1.807, 2.05) is 0 Å². The zero-order chi connectivity index (χ0) is 10.3. The highest BCUT2D eigenvalue weighted by Crippen LogP contribution is 2.15. The number of ether oxygens (including phenoxy) is 2. The number of hydrogen-bond donors (Lipinski definition) is 1. The summed E-state index contributed by atoms with van der Waals surface area (Å²) in [7, 11) is 1.30. The number of carbonyl (C=O) groups is 2. The smallest absolute Gasteiger partial charge is 0.226 e. The van der Waals surface area contributed by atoms with Crippen molar-refractivity contribution in [3.05, 3.63) is 0 Å². The van der Waals surface area contributed by atoms with Crippen LogP contribution in [-0.2, 0) is 19.1 Å². The molecule has 0 aliphatic carbocycles. The molecular formula is C8H14O5. The summed E-state index contributed by atoms with van der Waals surface area (Å²) in [5, 5.41) is 8.65. The second-order valence-electron chi connectivity index (χ2n) is 2.46. The third-order valence-corrected chi connectivity index (χ3v) is 1.70. The number of carbonyl (C=O) groups excluding carboxylic acids is 2. The Morgan fingerprint density at radius 2 is 2.15 bits per heavy atom. The zero-order valence-corrected chi connectivity index (χ0v) is 7.73. The number of hydrogen-bond acceptors (Lipinski definition) is 5. The summed E-state index contributed by atoms with van der Waals surface area (Å²) >= 11 is 0. The van der Waals surface area contributed by atoms with Gasteiger partial charge in [0, 0.05) is 13.5 Å². The van der Waals surface area contributed by atoms with Crippen molar-refractivity contribution in [2.75, 3.05) is 13.7 Å². The average molecular weight is 190 g/mol. The Labute approximate surface area is 76.6 Å². The summed E-state index contributed by atoms with van der Waals surface area (Å²) in [4.78, 5) is 20.9. The van der Waals surface area contributed by atoms with Crippen LogP contribution in [0, 0.1) is 0 Å². The van der Waals surface area contributed by atoms with Gasteiger partial charge in [-0.1, -0.05) is 6.92 Å². The monoisotopic (exact) mass is 190 g/mol. The van der Waals surface area contributed by atoms with Gasteiger partial charge in [0.2, 0.25) is 5.79 Å². The molecule has 5 nitrogen and oxygen atoms in total. The van der Waals surface area contributed by atoms with Crippen LogP contribution in [0.1, 0.15) is 13.3 Å². The molecule has 0 aliphatic heterocycles. The van der Waals surface area contributed by atoms with Crippen LogP contribution in [-0.4, -0.2) is 43.3 Å². The van der Waals surface area contributed by atoms with Crippen molar-refractivity contribution in [3.8, 4) is 0 Å². The SMILES string of the molecule is CC[C@@](C=O)(OC)O[C@@H](C=O)CO. The van der Waals surface area contributed by atoms with E-state index in [-0.39, 0.29) is 6.42 Å². The molecule has 0 aromatic heterocycles. The highest BCUT2D eigenvalue weighted by Gasteiger charge is 2.31. The third-order valence-electron chi connectivity index (χ3n) is 1.70. The molecule has 0 unspecified atom stereocenters. The van der Waals surface area contributed by atoms with Gasteiger partial charge in [-0.25, -0.2) is 0 Å². The number of rotatable bonds is 7. The Morgan fingerprint density at radius 1 is 1.54 bits per heavy atom. The summed E-state index contributed by atoms with van der Waals surface area (Å²) in [6, 6.07) is 0. The highest BCUT2D eigenvalue weighted by atomic mass is 16.7. The first kappa shape index (κ1) is 12.2. The summed E-state index contributed by atoms with van der Waals surface area (Å²) in [6.45, 7) is 1.21. The van der Waals surface area contributed by atoms with Gasteiger partial charge >= 0.3 is 0 Å². The van der Waals surface area contributed by atoms with Crippen LogP contribution in [0.4, 0.5) is 0 Å². The average Bonchev–Trinajstić information content (AvgIpc) is 2.21. The lowest BCUT2D eigenvalue weighted by molar-refractivity contribution is -0.227. The molecule has 0 saturated carbocycles. The minimum Gasteiger partial charge on any atom is -0.393 e. The molecular weight excluding hydrogens is 176 g/mol. The maximum absolute atomic E-state index is 10.6. The predicted molar refractivity (Wildman–Crippen MR) is 44.1 cm³/mol. The second kappa shape index (κ2) is 5.80. The fraction of sp³-hybridized carbons (Fsp3) is 0.750. The lowest BCUT2D eigenvalue weighted by Gasteiger charge is -2.27. The van der Waals surface area contributed by atoms with E-state index in [2.05, 4.69) is 0 Å². The molecule has 13 heavy (non-hydrogen) atoms. The minimum absolute atomic E-state index is 0.275. The Bertz CT molecular complexity index is 164. The fourth-order valence-corrected chi connectivity index (χ4v) is 0.799. The van der Waals surface area contributed by atoms with Crippen molar-refractivity contribution >= 4 is 12.6 Å². The van der Waals surface area contributed by atoms with E-state index in [4.69, 9.17) is 14.6 Å². The van der Waals surface area contributed by atoms with Crippen molar-refractivity contribution in [1.29, 1.82) is 0 Å². The van der Waals surface area contributed by atoms with E-state index in [1.54, 1.807) is 6.92 Å². The first-order chi connectivity index (χ1) is 6.17. The first-order valence-corrected chi connectivity index (χ1v) is 3.93. The van der Waals surface area contributed by atoms with E-state index < -0.39 is 18.5 Å². The molecule has 0 bridgehead atoms. The number of aliphatic hydroxyl groups excluding tert-OH is 1. The van der Waals surface area contributed by atoms with Crippen molar-refractivity contribution in [2.45, 2.75) is 25.2 Å². The largest absolute Gasteiger partial charge is 0.393 e. The van der Waals surface area contributed by atoms with E-state index in [0.29, 0.717) is 12.6 Å². The quantitative estimate of drug-likeness (QED) is 0.433. The number of aliphatic hydroxyl groups is 1. The molecule has 5 heteroatoms. The van der Waals surface area contributed by atoms with Crippen molar-refractivity contribution in [3.63, 3.8) is 0 Å². The lowest BCUT2D eigenvalue weighted by atomic mass is 10.2. The van der Waals surface area contributed by atoms with Gasteiger partial charge in [0.1, 0.15) is 6.10 Å². The Kier molecular flexibility index (Phi) is 5.45. The topological polar surface area (TPSA) is 72.8 Å². The lowest BCUT2D eigenvalue weighted by Crippen LogP contribution is -2.41. The molecule has 0 spiro atoms. The molecule has 0 aliphatic rings. The van der Waals surface area contributed by atoms with Crippen molar-refractivity contribution in [2.24, 2.45) is 0 Å². The standard InChI is InChI=1S/C8H14O5/c1-3-8(6-11,12-2)13-7(4-9)5-10/h4,6-7,10H,3,5H2,1-2H3/t7-,8+/m0/s1. The summed E-state index contributed by atoms with van der Waals surface area (Å²) < 4.78 is 9.79. The van der Waals surface area contributed by atoms with Crippen LogP contribution in [0.2, 0.25) is 0 Å². The minimum atomic E-state index is -1.42. The maximum Gasteiger partial charge on any atom is 0.226 e. The van der Waals surface area contributed by atoms with Gasteiger partial charge in [-0.05, 0) is 0 Å². The van der Waals surface area contributed by atoms with Crippen LogP contribution in [0.25, 0.3) is 0 Å². The Hall–Kier alpha value is -0.780. The van der Waals surface area contributed by atoms with Gasteiger partial charge in [-0.3, -0.25) is 4.79 Å². The van der Waals surface area contributed by atoms with E-state index in [0.717, 1.165) is 0 Å². The number of methoxy groups -OCH3 is 1. The number of aldehydes is 2. The molecule has 0 saturated heterocycles. The molecule has 0 heterocycles. The predicted octanol–water partition coefficient (Wildman–Crippen LogP) is -0.486. The second-order valence-corrected chi connectivity index (χ2v) is 2.46. The van der Waals surface area contributed by atoms with E-state index in [1.165, 1.54) is 7.11 Å². The molecule has 2 atom stereocenters. The molecule has 0 aromatic rings. The van der Waals surface area contributed by atoms with Crippen LogP contribution in [0.3, 0.4) is 0 Å². The third kappa shape index (κ3) is 3.22. The molecule has 0 radical (unpaired) electrons.